The number of hydrogen-bond donors (Lipinski definition) is 1. The molecule has 0 aliphatic carbocycles. The molecule has 3 aromatic rings. The van der Waals surface area contributed by atoms with Crippen molar-refractivity contribution in [3.05, 3.63) is 65.9 Å². The molecule has 0 fully saturated rings. The van der Waals surface area contributed by atoms with Gasteiger partial charge in [0, 0.05) is 23.2 Å². The molecule has 0 saturated heterocycles. The molecule has 3 rings (SSSR count). The van der Waals surface area contributed by atoms with Crippen LogP contribution in [-0.2, 0) is 11.3 Å². The van der Waals surface area contributed by atoms with E-state index in [0.717, 1.165) is 28.3 Å². The second kappa shape index (κ2) is 10.5. The quantitative estimate of drug-likeness (QED) is 0.518. The van der Waals surface area contributed by atoms with E-state index in [0.29, 0.717) is 18.8 Å². The SMILES string of the molecule is CCOC(=O)c1nn(-c2ccccc2)c(-c2ccc(OC)cc2)c1CNC(C)(C)C.Cl. The summed E-state index contributed by atoms with van der Waals surface area (Å²) in [6.07, 6.45) is 0. The van der Waals surface area contributed by atoms with Crippen molar-refractivity contribution in [1.29, 1.82) is 0 Å². The fraction of sp³-hybridized carbons (Fsp3) is 0.333. The van der Waals surface area contributed by atoms with E-state index in [1.54, 1.807) is 14.0 Å². The Morgan fingerprint density at radius 1 is 1.06 bits per heavy atom. The molecule has 166 valence electrons. The molecule has 0 spiro atoms. The summed E-state index contributed by atoms with van der Waals surface area (Å²) in [5.74, 6) is 0.345. The Morgan fingerprint density at radius 3 is 2.26 bits per heavy atom. The predicted molar refractivity (Wildman–Crippen MR) is 125 cm³/mol. The second-order valence-corrected chi connectivity index (χ2v) is 7.98. The van der Waals surface area contributed by atoms with Crippen molar-refractivity contribution >= 4 is 18.4 Å². The Kier molecular flexibility index (Phi) is 8.25. The van der Waals surface area contributed by atoms with E-state index < -0.39 is 5.97 Å². The minimum atomic E-state index is -0.423. The summed E-state index contributed by atoms with van der Waals surface area (Å²) in [6.45, 7) is 8.83. The van der Waals surface area contributed by atoms with Crippen molar-refractivity contribution in [3.8, 4) is 22.7 Å². The maximum absolute atomic E-state index is 12.8. The number of halogens is 1. The van der Waals surface area contributed by atoms with Gasteiger partial charge in [-0.25, -0.2) is 9.48 Å². The zero-order valence-electron chi connectivity index (χ0n) is 18.6. The lowest BCUT2D eigenvalue weighted by Gasteiger charge is -2.21. The zero-order valence-corrected chi connectivity index (χ0v) is 19.5. The summed E-state index contributed by atoms with van der Waals surface area (Å²) in [5.41, 5.74) is 3.66. The fourth-order valence-corrected chi connectivity index (χ4v) is 3.14. The Bertz CT molecular complexity index is 993. The lowest BCUT2D eigenvalue weighted by atomic mass is 10.0. The second-order valence-electron chi connectivity index (χ2n) is 7.98. The van der Waals surface area contributed by atoms with Crippen molar-refractivity contribution in [1.82, 2.24) is 15.1 Å². The smallest absolute Gasteiger partial charge is 0.359 e. The molecule has 0 saturated carbocycles. The highest BCUT2D eigenvalue weighted by atomic mass is 35.5. The Labute approximate surface area is 190 Å². The van der Waals surface area contributed by atoms with E-state index >= 15 is 0 Å². The molecule has 1 aromatic heterocycles. The summed E-state index contributed by atoms with van der Waals surface area (Å²) in [7, 11) is 1.64. The molecule has 0 bridgehead atoms. The first kappa shape index (κ1) is 24.4. The average molecular weight is 444 g/mol. The van der Waals surface area contributed by atoms with Gasteiger partial charge in [-0.05, 0) is 64.1 Å². The van der Waals surface area contributed by atoms with E-state index in [2.05, 4.69) is 31.2 Å². The van der Waals surface area contributed by atoms with Crippen LogP contribution in [0.5, 0.6) is 5.75 Å². The van der Waals surface area contributed by atoms with Crippen LogP contribution in [0, 0.1) is 0 Å². The number of methoxy groups -OCH3 is 1. The summed E-state index contributed by atoms with van der Waals surface area (Å²) in [6, 6.07) is 17.6. The van der Waals surface area contributed by atoms with Crippen LogP contribution in [0.25, 0.3) is 16.9 Å². The summed E-state index contributed by atoms with van der Waals surface area (Å²) in [5, 5.41) is 8.18. The van der Waals surface area contributed by atoms with Crippen molar-refractivity contribution in [3.63, 3.8) is 0 Å². The standard InChI is InChI=1S/C24H29N3O3.ClH/c1-6-30-23(28)21-20(16-25-24(2,3)4)22(17-12-14-19(29-5)15-13-17)27(26-21)18-10-8-7-9-11-18;/h7-15,25H,6,16H2,1-5H3;1H. The van der Waals surface area contributed by atoms with Gasteiger partial charge in [-0.3, -0.25) is 0 Å². The van der Waals surface area contributed by atoms with E-state index in [4.69, 9.17) is 9.47 Å². The van der Waals surface area contributed by atoms with E-state index in [1.807, 2.05) is 59.3 Å². The van der Waals surface area contributed by atoms with Gasteiger partial charge in [0.25, 0.3) is 0 Å². The molecule has 0 radical (unpaired) electrons. The number of aromatic nitrogens is 2. The maximum Gasteiger partial charge on any atom is 0.359 e. The molecule has 1 heterocycles. The fourth-order valence-electron chi connectivity index (χ4n) is 3.14. The molecule has 0 aliphatic heterocycles. The first-order valence-corrected chi connectivity index (χ1v) is 10.1. The lowest BCUT2D eigenvalue weighted by Crippen LogP contribution is -2.35. The number of para-hydroxylation sites is 1. The van der Waals surface area contributed by atoms with Crippen LogP contribution in [0.1, 0.15) is 43.7 Å². The number of carbonyl (C=O) groups is 1. The van der Waals surface area contributed by atoms with E-state index in [1.165, 1.54) is 0 Å². The number of ether oxygens (including phenoxy) is 2. The molecular formula is C24H30ClN3O3. The summed E-state index contributed by atoms with van der Waals surface area (Å²) in [4.78, 5) is 12.8. The summed E-state index contributed by atoms with van der Waals surface area (Å²) < 4.78 is 12.4. The summed E-state index contributed by atoms with van der Waals surface area (Å²) >= 11 is 0. The molecule has 2 aromatic carbocycles. The van der Waals surface area contributed by atoms with Gasteiger partial charge < -0.3 is 14.8 Å². The van der Waals surface area contributed by atoms with Crippen molar-refractivity contribution in [2.45, 2.75) is 39.8 Å². The van der Waals surface area contributed by atoms with Crippen LogP contribution in [0.4, 0.5) is 0 Å². The van der Waals surface area contributed by atoms with Gasteiger partial charge in [0.15, 0.2) is 5.69 Å². The van der Waals surface area contributed by atoms with Gasteiger partial charge in [0.1, 0.15) is 5.75 Å². The molecule has 6 nitrogen and oxygen atoms in total. The Morgan fingerprint density at radius 2 is 1.71 bits per heavy atom. The number of hydrogen-bond acceptors (Lipinski definition) is 5. The number of rotatable bonds is 7. The zero-order chi connectivity index (χ0) is 21.7. The van der Waals surface area contributed by atoms with Crippen molar-refractivity contribution < 1.29 is 14.3 Å². The average Bonchev–Trinajstić information content (AvgIpc) is 3.12. The molecule has 0 atom stereocenters. The van der Waals surface area contributed by atoms with Crippen molar-refractivity contribution in [2.75, 3.05) is 13.7 Å². The number of nitrogens with zero attached hydrogens (tertiary/aromatic N) is 2. The van der Waals surface area contributed by atoms with E-state index in [-0.39, 0.29) is 17.9 Å². The van der Waals surface area contributed by atoms with Gasteiger partial charge in [0.05, 0.1) is 25.1 Å². The normalized spacial score (nSPS) is 11.0. The van der Waals surface area contributed by atoms with Crippen LogP contribution < -0.4 is 10.1 Å². The highest BCUT2D eigenvalue weighted by Gasteiger charge is 2.26. The Hall–Kier alpha value is -2.83. The first-order chi connectivity index (χ1) is 14.3. The minimum Gasteiger partial charge on any atom is -0.497 e. The minimum absolute atomic E-state index is 0. The number of carbonyl (C=O) groups excluding carboxylic acids is 1. The number of esters is 1. The largest absolute Gasteiger partial charge is 0.497 e. The third kappa shape index (κ3) is 5.87. The van der Waals surface area contributed by atoms with Gasteiger partial charge >= 0.3 is 5.97 Å². The van der Waals surface area contributed by atoms with Crippen LogP contribution in [0.2, 0.25) is 0 Å². The van der Waals surface area contributed by atoms with Crippen LogP contribution in [0.3, 0.4) is 0 Å². The molecule has 1 N–H and O–H groups in total. The first-order valence-electron chi connectivity index (χ1n) is 10.1. The molecule has 31 heavy (non-hydrogen) atoms. The molecule has 0 aliphatic rings. The van der Waals surface area contributed by atoms with Gasteiger partial charge in [-0.15, -0.1) is 12.4 Å². The molecular weight excluding hydrogens is 414 g/mol. The van der Waals surface area contributed by atoms with Gasteiger partial charge in [0.2, 0.25) is 0 Å². The third-order valence-corrected chi connectivity index (χ3v) is 4.61. The molecule has 0 unspecified atom stereocenters. The maximum atomic E-state index is 12.8. The van der Waals surface area contributed by atoms with Crippen LogP contribution in [-0.4, -0.2) is 35.0 Å². The van der Waals surface area contributed by atoms with Crippen LogP contribution in [0.15, 0.2) is 54.6 Å². The Balaban J connectivity index is 0.00000341. The predicted octanol–water partition coefficient (Wildman–Crippen LogP) is 5.03. The van der Waals surface area contributed by atoms with Crippen molar-refractivity contribution in [2.24, 2.45) is 0 Å². The highest BCUT2D eigenvalue weighted by Crippen LogP contribution is 2.31. The lowest BCUT2D eigenvalue weighted by molar-refractivity contribution is 0.0517. The monoisotopic (exact) mass is 443 g/mol. The highest BCUT2D eigenvalue weighted by molar-refractivity contribution is 5.91. The molecule has 0 amide bonds. The van der Waals surface area contributed by atoms with Gasteiger partial charge in [-0.1, -0.05) is 18.2 Å². The number of benzene rings is 2. The topological polar surface area (TPSA) is 65.4 Å². The van der Waals surface area contributed by atoms with E-state index in [9.17, 15) is 4.79 Å². The third-order valence-electron chi connectivity index (χ3n) is 4.61. The van der Waals surface area contributed by atoms with Gasteiger partial charge in [-0.2, -0.15) is 5.10 Å². The number of nitrogens with one attached hydrogen (secondary N) is 1. The van der Waals surface area contributed by atoms with Crippen LogP contribution >= 0.6 is 12.4 Å². The molecule has 7 heteroatoms.